The molecule has 0 N–H and O–H groups in total. The first-order valence-corrected chi connectivity index (χ1v) is 7.09. The van der Waals surface area contributed by atoms with Crippen molar-refractivity contribution in [1.82, 2.24) is 14.2 Å². The van der Waals surface area contributed by atoms with Crippen LogP contribution in [0.1, 0.15) is 18.2 Å². The largest absolute Gasteiger partial charge is 0.435 e. The first-order chi connectivity index (χ1) is 10.8. The molecule has 3 rings (SSSR count). The van der Waals surface area contributed by atoms with Crippen LogP contribution in [0.3, 0.4) is 0 Å². The Balaban J connectivity index is 2.32. The molecule has 0 spiro atoms. The average Bonchev–Trinajstić information content (AvgIpc) is 2.94. The Morgan fingerprint density at radius 2 is 1.78 bits per heavy atom. The van der Waals surface area contributed by atoms with Gasteiger partial charge in [-0.1, -0.05) is 29.8 Å². The van der Waals surface area contributed by atoms with Gasteiger partial charge in [0.05, 0.1) is 5.69 Å². The fourth-order valence-corrected chi connectivity index (χ4v) is 2.54. The summed E-state index contributed by atoms with van der Waals surface area (Å²) in [7, 11) is 0. The summed E-state index contributed by atoms with van der Waals surface area (Å²) in [4.78, 5) is 12.2. The second-order valence-corrected chi connectivity index (χ2v) is 5.28. The van der Waals surface area contributed by atoms with Crippen LogP contribution in [0.4, 0.5) is 13.2 Å². The van der Waals surface area contributed by atoms with Crippen molar-refractivity contribution < 1.29 is 13.2 Å². The maximum Gasteiger partial charge on any atom is 0.435 e. The number of halogens is 3. The minimum atomic E-state index is -4.59. The van der Waals surface area contributed by atoms with Crippen LogP contribution >= 0.6 is 0 Å². The molecular weight excluding hydrogens is 307 g/mol. The third-order valence-electron chi connectivity index (χ3n) is 3.68. The molecule has 2 heterocycles. The van der Waals surface area contributed by atoms with Crippen molar-refractivity contribution in [2.24, 2.45) is 0 Å². The zero-order valence-electron chi connectivity index (χ0n) is 12.6. The summed E-state index contributed by atoms with van der Waals surface area (Å²) in [6.07, 6.45) is -4.59. The number of fused-ring (bicyclic) bond motifs is 1. The maximum absolute atomic E-state index is 12.9. The summed E-state index contributed by atoms with van der Waals surface area (Å²) in [5, 5.41) is 3.40. The van der Waals surface area contributed by atoms with E-state index in [-0.39, 0.29) is 5.65 Å². The predicted molar refractivity (Wildman–Crippen MR) is 80.3 cm³/mol. The van der Waals surface area contributed by atoms with Gasteiger partial charge in [-0.05, 0) is 19.4 Å². The summed E-state index contributed by atoms with van der Waals surface area (Å²) in [5.74, 6) is 0. The van der Waals surface area contributed by atoms with E-state index in [1.54, 1.807) is 4.57 Å². The number of hydrogen-bond acceptors (Lipinski definition) is 2. The number of aryl methyl sites for hydroxylation is 2. The highest BCUT2D eigenvalue weighted by molar-refractivity contribution is 5.63. The van der Waals surface area contributed by atoms with Gasteiger partial charge in [0.15, 0.2) is 5.69 Å². The van der Waals surface area contributed by atoms with Crippen LogP contribution in [0, 0.1) is 6.92 Å². The summed E-state index contributed by atoms with van der Waals surface area (Å²) in [6.45, 7) is 4.16. The molecule has 0 fully saturated rings. The molecule has 0 aliphatic rings. The smallest absolute Gasteiger partial charge is 0.326 e. The van der Waals surface area contributed by atoms with Gasteiger partial charge in [0.2, 0.25) is 0 Å². The summed E-state index contributed by atoms with van der Waals surface area (Å²) in [5.41, 5.74) is 0.867. The van der Waals surface area contributed by atoms with E-state index in [2.05, 4.69) is 5.10 Å². The van der Waals surface area contributed by atoms with Gasteiger partial charge in [0.1, 0.15) is 5.65 Å². The van der Waals surface area contributed by atoms with Gasteiger partial charge >= 0.3 is 6.18 Å². The van der Waals surface area contributed by atoms with Crippen LogP contribution in [0.2, 0.25) is 0 Å². The Morgan fingerprint density at radius 1 is 1.13 bits per heavy atom. The van der Waals surface area contributed by atoms with Crippen molar-refractivity contribution in [1.29, 1.82) is 0 Å². The van der Waals surface area contributed by atoms with Gasteiger partial charge in [-0.3, -0.25) is 4.79 Å². The summed E-state index contributed by atoms with van der Waals surface area (Å²) < 4.78 is 41.1. The maximum atomic E-state index is 12.9. The molecule has 0 aliphatic carbocycles. The van der Waals surface area contributed by atoms with Crippen LogP contribution in [-0.2, 0) is 12.7 Å². The quantitative estimate of drug-likeness (QED) is 0.724. The molecule has 0 amide bonds. The van der Waals surface area contributed by atoms with Crippen molar-refractivity contribution in [3.8, 4) is 11.3 Å². The van der Waals surface area contributed by atoms with Crippen molar-refractivity contribution in [2.45, 2.75) is 26.6 Å². The van der Waals surface area contributed by atoms with E-state index in [9.17, 15) is 18.0 Å². The lowest BCUT2D eigenvalue weighted by Gasteiger charge is -2.13. The molecule has 23 heavy (non-hydrogen) atoms. The molecule has 0 bridgehead atoms. The van der Waals surface area contributed by atoms with Crippen LogP contribution in [0.25, 0.3) is 16.9 Å². The van der Waals surface area contributed by atoms with E-state index in [1.807, 2.05) is 38.1 Å². The van der Waals surface area contributed by atoms with Crippen LogP contribution in [0.5, 0.6) is 0 Å². The van der Waals surface area contributed by atoms with Gasteiger partial charge in [-0.25, -0.2) is 0 Å². The number of benzene rings is 1. The lowest BCUT2D eigenvalue weighted by atomic mass is 10.1. The average molecular weight is 321 g/mol. The Labute approximate surface area is 129 Å². The van der Waals surface area contributed by atoms with Crippen molar-refractivity contribution in [3.05, 3.63) is 58.0 Å². The van der Waals surface area contributed by atoms with E-state index in [0.717, 1.165) is 21.7 Å². The molecule has 4 nitrogen and oxygen atoms in total. The third-order valence-corrected chi connectivity index (χ3v) is 3.68. The second kappa shape index (κ2) is 5.26. The summed E-state index contributed by atoms with van der Waals surface area (Å²) >= 11 is 0. The zero-order chi connectivity index (χ0) is 16.8. The monoisotopic (exact) mass is 321 g/mol. The Kier molecular flexibility index (Phi) is 3.50. The minimum Gasteiger partial charge on any atom is -0.326 e. The number of rotatable bonds is 2. The Hall–Kier alpha value is -2.57. The lowest BCUT2D eigenvalue weighted by molar-refractivity contribution is -0.141. The van der Waals surface area contributed by atoms with Crippen molar-refractivity contribution in [2.75, 3.05) is 0 Å². The number of hydrogen-bond donors (Lipinski definition) is 0. The predicted octanol–water partition coefficient (Wildman–Crippen LogP) is 3.51. The highest BCUT2D eigenvalue weighted by Gasteiger charge is 2.34. The lowest BCUT2D eigenvalue weighted by Crippen LogP contribution is -2.19. The van der Waals surface area contributed by atoms with Gasteiger partial charge in [0.25, 0.3) is 5.56 Å². The van der Waals surface area contributed by atoms with Crippen LogP contribution in [-0.4, -0.2) is 14.2 Å². The Bertz CT molecular complexity index is 921. The number of nitrogens with zero attached hydrogens (tertiary/aromatic N) is 3. The molecule has 2 aromatic heterocycles. The molecule has 3 aromatic rings. The van der Waals surface area contributed by atoms with Gasteiger partial charge in [-0.2, -0.15) is 22.8 Å². The molecule has 7 heteroatoms. The molecule has 0 saturated heterocycles. The molecule has 0 saturated carbocycles. The minimum absolute atomic E-state index is 0.128. The molecule has 0 aliphatic heterocycles. The molecule has 0 atom stereocenters. The van der Waals surface area contributed by atoms with Crippen molar-refractivity contribution >= 4 is 5.65 Å². The fourth-order valence-electron chi connectivity index (χ4n) is 2.54. The SMILES string of the molecule is CCn1c(-c2ccc(C)cc2)cc(=O)n2nc(C(F)(F)F)cc12. The van der Waals surface area contributed by atoms with E-state index >= 15 is 0 Å². The Morgan fingerprint density at radius 3 is 2.35 bits per heavy atom. The first kappa shape index (κ1) is 15.3. The molecule has 0 radical (unpaired) electrons. The van der Waals surface area contributed by atoms with E-state index in [1.165, 1.54) is 6.07 Å². The van der Waals surface area contributed by atoms with Gasteiger partial charge in [0, 0.05) is 18.7 Å². The van der Waals surface area contributed by atoms with Crippen LogP contribution < -0.4 is 5.56 Å². The molecule has 1 aromatic carbocycles. The van der Waals surface area contributed by atoms with E-state index < -0.39 is 17.4 Å². The van der Waals surface area contributed by atoms with Crippen molar-refractivity contribution in [3.63, 3.8) is 0 Å². The normalized spacial score (nSPS) is 12.0. The number of aromatic nitrogens is 3. The van der Waals surface area contributed by atoms with Crippen LogP contribution in [0.15, 0.2) is 41.2 Å². The first-order valence-electron chi connectivity index (χ1n) is 7.09. The van der Waals surface area contributed by atoms with E-state index in [4.69, 9.17) is 0 Å². The summed E-state index contributed by atoms with van der Waals surface area (Å²) in [6, 6.07) is 9.68. The zero-order valence-corrected chi connectivity index (χ0v) is 12.6. The third kappa shape index (κ3) is 2.62. The van der Waals surface area contributed by atoms with Gasteiger partial charge < -0.3 is 4.57 Å². The number of alkyl halides is 3. The standard InChI is InChI=1S/C16H14F3N3O/c1-3-21-12(11-6-4-10(2)5-7-11)8-15(23)22-14(21)9-13(20-22)16(17,18)19/h4-9H,3H2,1-2H3. The van der Waals surface area contributed by atoms with E-state index in [0.29, 0.717) is 12.2 Å². The fraction of sp³-hybridized carbons (Fsp3) is 0.250. The molecule has 120 valence electrons. The molecular formula is C16H14F3N3O. The topological polar surface area (TPSA) is 39.3 Å². The highest BCUT2D eigenvalue weighted by atomic mass is 19.4. The molecule has 0 unspecified atom stereocenters. The van der Waals surface area contributed by atoms with Gasteiger partial charge in [-0.15, -0.1) is 0 Å². The highest BCUT2D eigenvalue weighted by Crippen LogP contribution is 2.29. The second-order valence-electron chi connectivity index (χ2n) is 5.28.